The van der Waals surface area contributed by atoms with E-state index >= 15 is 0 Å². The molecular formula is C16H23N3O2. The Bertz CT molecular complexity index is 566. The van der Waals surface area contributed by atoms with Crippen LogP contribution < -0.4 is 4.74 Å². The first kappa shape index (κ1) is 15.5. The quantitative estimate of drug-likeness (QED) is 0.748. The third-order valence-corrected chi connectivity index (χ3v) is 3.39. The maximum absolute atomic E-state index is 5.25. The Morgan fingerprint density at radius 3 is 2.71 bits per heavy atom. The average Bonchev–Trinajstić information content (AvgIpc) is 2.93. The van der Waals surface area contributed by atoms with Gasteiger partial charge in [0, 0.05) is 26.5 Å². The van der Waals surface area contributed by atoms with Crippen molar-refractivity contribution in [3.63, 3.8) is 0 Å². The van der Waals surface area contributed by atoms with Crippen LogP contribution >= 0.6 is 0 Å². The first-order valence-electron chi connectivity index (χ1n) is 7.31. The van der Waals surface area contributed by atoms with Crippen molar-refractivity contribution in [2.24, 2.45) is 0 Å². The Kier molecular flexibility index (Phi) is 5.75. The Labute approximate surface area is 125 Å². The van der Waals surface area contributed by atoms with Crippen LogP contribution in [0.25, 0.3) is 0 Å². The van der Waals surface area contributed by atoms with Gasteiger partial charge in [0.2, 0.25) is 0 Å². The lowest BCUT2D eigenvalue weighted by Gasteiger charge is -2.05. The van der Waals surface area contributed by atoms with Crippen LogP contribution in [0.2, 0.25) is 0 Å². The van der Waals surface area contributed by atoms with E-state index in [4.69, 9.17) is 9.47 Å². The van der Waals surface area contributed by atoms with Gasteiger partial charge in [-0.05, 0) is 31.0 Å². The summed E-state index contributed by atoms with van der Waals surface area (Å²) < 4.78 is 12.3. The molecule has 0 radical (unpaired) electrons. The smallest absolute Gasteiger partial charge is 0.153 e. The van der Waals surface area contributed by atoms with Gasteiger partial charge in [0.05, 0.1) is 13.7 Å². The van der Waals surface area contributed by atoms with Crippen LogP contribution in [-0.2, 0) is 30.5 Å². The van der Waals surface area contributed by atoms with Crippen molar-refractivity contribution in [2.75, 3.05) is 20.8 Å². The zero-order valence-electron chi connectivity index (χ0n) is 13.0. The van der Waals surface area contributed by atoms with Gasteiger partial charge in [-0.15, -0.1) is 0 Å². The summed E-state index contributed by atoms with van der Waals surface area (Å²) in [5.41, 5.74) is 1.25. The Morgan fingerprint density at radius 2 is 2.00 bits per heavy atom. The molecule has 0 aliphatic heterocycles. The van der Waals surface area contributed by atoms with Crippen LogP contribution in [0.1, 0.15) is 24.1 Å². The Balaban J connectivity index is 2.02. The monoisotopic (exact) mass is 289 g/mol. The van der Waals surface area contributed by atoms with Crippen molar-refractivity contribution in [1.82, 2.24) is 14.8 Å². The molecule has 5 heteroatoms. The fourth-order valence-electron chi connectivity index (χ4n) is 2.25. The number of rotatable bonds is 8. The van der Waals surface area contributed by atoms with E-state index in [2.05, 4.69) is 29.1 Å². The van der Waals surface area contributed by atoms with Gasteiger partial charge >= 0.3 is 0 Å². The Hall–Kier alpha value is -1.88. The summed E-state index contributed by atoms with van der Waals surface area (Å²) in [6.45, 7) is 3.58. The number of nitrogens with zero attached hydrogens (tertiary/aromatic N) is 3. The number of ether oxygens (including phenoxy) is 2. The molecule has 1 aromatic carbocycles. The summed E-state index contributed by atoms with van der Waals surface area (Å²) in [5, 5.41) is 4.51. The fourth-order valence-corrected chi connectivity index (χ4v) is 2.25. The van der Waals surface area contributed by atoms with Crippen molar-refractivity contribution in [3.8, 4) is 5.75 Å². The van der Waals surface area contributed by atoms with Gasteiger partial charge in [-0.2, -0.15) is 5.10 Å². The minimum Gasteiger partial charge on any atom is -0.497 e. The van der Waals surface area contributed by atoms with E-state index in [1.165, 1.54) is 5.56 Å². The Morgan fingerprint density at radius 1 is 1.14 bits per heavy atom. The highest BCUT2D eigenvalue weighted by atomic mass is 16.5. The second kappa shape index (κ2) is 7.78. The van der Waals surface area contributed by atoms with Gasteiger partial charge in [-0.25, -0.2) is 4.98 Å². The third-order valence-electron chi connectivity index (χ3n) is 3.39. The van der Waals surface area contributed by atoms with Gasteiger partial charge in [-0.1, -0.05) is 12.1 Å². The second-order valence-corrected chi connectivity index (χ2v) is 4.85. The van der Waals surface area contributed by atoms with Crippen LogP contribution in [0.4, 0.5) is 0 Å². The predicted molar refractivity (Wildman–Crippen MR) is 81.7 cm³/mol. The lowest BCUT2D eigenvalue weighted by atomic mass is 10.1. The van der Waals surface area contributed by atoms with E-state index in [1.807, 2.05) is 16.8 Å². The molecule has 1 heterocycles. The van der Waals surface area contributed by atoms with Crippen LogP contribution in [0.15, 0.2) is 24.3 Å². The molecule has 0 saturated carbocycles. The fraction of sp³-hybridized carbons (Fsp3) is 0.500. The van der Waals surface area contributed by atoms with E-state index in [0.29, 0.717) is 6.61 Å². The number of aryl methyl sites for hydroxylation is 3. The average molecular weight is 289 g/mol. The highest BCUT2D eigenvalue weighted by Gasteiger charge is 2.09. The van der Waals surface area contributed by atoms with Crippen LogP contribution in [0, 0.1) is 0 Å². The van der Waals surface area contributed by atoms with Crippen LogP contribution in [0.3, 0.4) is 0 Å². The van der Waals surface area contributed by atoms with Crippen molar-refractivity contribution >= 4 is 0 Å². The number of hydrogen-bond donors (Lipinski definition) is 0. The summed E-state index contributed by atoms with van der Waals surface area (Å²) in [6, 6.07) is 8.16. The van der Waals surface area contributed by atoms with Gasteiger partial charge in [0.1, 0.15) is 11.6 Å². The SMILES string of the molecule is CCn1nc(CCOC)nc1CCc1cccc(OC)c1. The molecule has 0 aliphatic rings. The first-order valence-corrected chi connectivity index (χ1v) is 7.31. The summed E-state index contributed by atoms with van der Waals surface area (Å²) in [6.07, 6.45) is 2.57. The molecule has 114 valence electrons. The van der Waals surface area contributed by atoms with E-state index in [1.54, 1.807) is 14.2 Å². The third kappa shape index (κ3) is 4.29. The standard InChI is InChI=1S/C16H23N3O2/c1-4-19-16(17-15(18-19)10-11-20-2)9-8-13-6-5-7-14(12-13)21-3/h5-7,12H,4,8-11H2,1-3H3. The maximum atomic E-state index is 5.25. The second-order valence-electron chi connectivity index (χ2n) is 4.85. The molecule has 1 aromatic heterocycles. The molecule has 0 unspecified atom stereocenters. The molecule has 0 N–H and O–H groups in total. The summed E-state index contributed by atoms with van der Waals surface area (Å²) >= 11 is 0. The van der Waals surface area contributed by atoms with E-state index in [0.717, 1.165) is 43.2 Å². The largest absolute Gasteiger partial charge is 0.497 e. The summed E-state index contributed by atoms with van der Waals surface area (Å²) in [7, 11) is 3.38. The van der Waals surface area contributed by atoms with Gasteiger partial charge in [0.25, 0.3) is 0 Å². The molecule has 2 rings (SSSR count). The molecule has 0 aliphatic carbocycles. The molecule has 2 aromatic rings. The molecule has 5 nitrogen and oxygen atoms in total. The number of aromatic nitrogens is 3. The molecule has 0 amide bonds. The van der Waals surface area contributed by atoms with Crippen molar-refractivity contribution < 1.29 is 9.47 Å². The highest BCUT2D eigenvalue weighted by Crippen LogP contribution is 2.14. The normalized spacial score (nSPS) is 10.8. The summed E-state index contributed by atoms with van der Waals surface area (Å²) in [4.78, 5) is 4.62. The first-order chi connectivity index (χ1) is 10.3. The van der Waals surface area contributed by atoms with Crippen molar-refractivity contribution in [2.45, 2.75) is 32.7 Å². The number of benzene rings is 1. The molecule has 0 fully saturated rings. The zero-order chi connectivity index (χ0) is 15.1. The van der Waals surface area contributed by atoms with Gasteiger partial charge in [0.15, 0.2) is 5.82 Å². The number of hydrogen-bond acceptors (Lipinski definition) is 4. The van der Waals surface area contributed by atoms with E-state index in [9.17, 15) is 0 Å². The molecule has 21 heavy (non-hydrogen) atoms. The zero-order valence-corrected chi connectivity index (χ0v) is 13.0. The number of methoxy groups -OCH3 is 2. The minimum atomic E-state index is 0.656. The lowest BCUT2D eigenvalue weighted by Crippen LogP contribution is -2.05. The lowest BCUT2D eigenvalue weighted by molar-refractivity contribution is 0.200. The van der Waals surface area contributed by atoms with E-state index in [-0.39, 0.29) is 0 Å². The van der Waals surface area contributed by atoms with E-state index < -0.39 is 0 Å². The molecule has 0 saturated heterocycles. The summed E-state index contributed by atoms with van der Waals surface area (Å²) in [5.74, 6) is 2.79. The molecule has 0 bridgehead atoms. The maximum Gasteiger partial charge on any atom is 0.153 e. The van der Waals surface area contributed by atoms with Gasteiger partial charge < -0.3 is 9.47 Å². The molecule has 0 atom stereocenters. The van der Waals surface area contributed by atoms with Crippen LogP contribution in [0.5, 0.6) is 5.75 Å². The molecular weight excluding hydrogens is 266 g/mol. The van der Waals surface area contributed by atoms with Crippen molar-refractivity contribution in [3.05, 3.63) is 41.5 Å². The topological polar surface area (TPSA) is 49.2 Å². The van der Waals surface area contributed by atoms with Gasteiger partial charge in [-0.3, -0.25) is 4.68 Å². The predicted octanol–water partition coefficient (Wildman–Crippen LogP) is 2.28. The molecule has 0 spiro atoms. The van der Waals surface area contributed by atoms with Crippen molar-refractivity contribution in [1.29, 1.82) is 0 Å². The van der Waals surface area contributed by atoms with Crippen LogP contribution in [-0.4, -0.2) is 35.6 Å². The highest BCUT2D eigenvalue weighted by molar-refractivity contribution is 5.28. The minimum absolute atomic E-state index is 0.656.